The van der Waals surface area contributed by atoms with Gasteiger partial charge in [-0.15, -0.1) is 0 Å². The molecule has 0 spiro atoms. The summed E-state index contributed by atoms with van der Waals surface area (Å²) in [5.74, 6) is 0. The highest BCUT2D eigenvalue weighted by molar-refractivity contribution is 6.31. The number of nitro groups is 1. The van der Waals surface area contributed by atoms with E-state index in [1.807, 2.05) is 0 Å². The first-order valence-electron chi connectivity index (χ1n) is 6.67. The number of non-ortho nitro benzene ring substituents is 1. The quantitative estimate of drug-likeness (QED) is 0.614. The number of rotatable bonds is 5. The molecule has 2 rings (SSSR count). The van der Waals surface area contributed by atoms with E-state index in [-0.39, 0.29) is 17.9 Å². The fourth-order valence-electron chi connectivity index (χ4n) is 2.46. The zero-order chi connectivity index (χ0) is 14.5. The molecule has 0 aliphatic heterocycles. The van der Waals surface area contributed by atoms with Gasteiger partial charge in [-0.2, -0.15) is 0 Å². The minimum absolute atomic E-state index is 0.0337. The zero-order valence-electron chi connectivity index (χ0n) is 11.4. The Morgan fingerprint density at radius 3 is 2.85 bits per heavy atom. The van der Waals surface area contributed by atoms with Gasteiger partial charge in [-0.1, -0.05) is 11.6 Å². The summed E-state index contributed by atoms with van der Waals surface area (Å²) in [4.78, 5) is 10.3. The molecule has 110 valence electrons. The molecule has 0 heterocycles. The topological polar surface area (TPSA) is 61.6 Å². The van der Waals surface area contributed by atoms with Gasteiger partial charge in [0.25, 0.3) is 5.69 Å². The number of nitrogens with zero attached hydrogens (tertiary/aromatic N) is 1. The van der Waals surface area contributed by atoms with E-state index in [1.54, 1.807) is 7.11 Å². The van der Waals surface area contributed by atoms with Gasteiger partial charge in [0.05, 0.1) is 23.7 Å². The third kappa shape index (κ3) is 3.91. The lowest BCUT2D eigenvalue weighted by Crippen LogP contribution is -2.27. The van der Waals surface area contributed by atoms with Crippen LogP contribution >= 0.6 is 11.6 Å². The van der Waals surface area contributed by atoms with E-state index in [0.717, 1.165) is 25.7 Å². The van der Waals surface area contributed by atoms with Gasteiger partial charge in [-0.05, 0) is 31.7 Å². The second kappa shape index (κ2) is 7.02. The SMILES string of the molecule is COC1CCCC(OCc2cc([N+](=O)[O-])ccc2Cl)C1. The molecular weight excluding hydrogens is 282 g/mol. The summed E-state index contributed by atoms with van der Waals surface area (Å²) in [7, 11) is 1.71. The molecule has 6 heteroatoms. The lowest BCUT2D eigenvalue weighted by Gasteiger charge is -2.28. The van der Waals surface area contributed by atoms with Crippen LogP contribution in [0.4, 0.5) is 5.69 Å². The Balaban J connectivity index is 1.96. The molecule has 1 saturated carbocycles. The Morgan fingerprint density at radius 1 is 1.40 bits per heavy atom. The summed E-state index contributed by atoms with van der Waals surface area (Å²) < 4.78 is 11.2. The van der Waals surface area contributed by atoms with Gasteiger partial charge in [-0.25, -0.2) is 0 Å². The number of nitro benzene ring substituents is 1. The first-order valence-corrected chi connectivity index (χ1v) is 7.05. The van der Waals surface area contributed by atoms with Crippen LogP contribution in [0.2, 0.25) is 5.02 Å². The third-order valence-corrected chi connectivity index (χ3v) is 3.99. The molecule has 0 bridgehead atoms. The monoisotopic (exact) mass is 299 g/mol. The molecule has 0 amide bonds. The molecule has 1 aliphatic rings. The molecule has 5 nitrogen and oxygen atoms in total. The minimum Gasteiger partial charge on any atom is -0.381 e. The normalized spacial score (nSPS) is 22.7. The maximum absolute atomic E-state index is 10.8. The van der Waals surface area contributed by atoms with E-state index in [1.165, 1.54) is 18.2 Å². The zero-order valence-corrected chi connectivity index (χ0v) is 12.1. The first-order chi connectivity index (χ1) is 9.60. The van der Waals surface area contributed by atoms with Crippen molar-refractivity contribution in [2.24, 2.45) is 0 Å². The highest BCUT2D eigenvalue weighted by atomic mass is 35.5. The fourth-order valence-corrected chi connectivity index (χ4v) is 2.63. The molecule has 1 aliphatic carbocycles. The molecular formula is C14H18ClNO4. The standard InChI is InChI=1S/C14H18ClNO4/c1-19-12-3-2-4-13(8-12)20-9-10-7-11(16(17)18)5-6-14(10)15/h5-7,12-13H,2-4,8-9H2,1H3. The molecule has 0 N–H and O–H groups in total. The minimum atomic E-state index is -0.429. The van der Waals surface area contributed by atoms with Crippen LogP contribution < -0.4 is 0 Å². The smallest absolute Gasteiger partial charge is 0.269 e. The molecule has 1 fully saturated rings. The Hall–Kier alpha value is -1.17. The largest absolute Gasteiger partial charge is 0.381 e. The van der Waals surface area contributed by atoms with Crippen LogP contribution in [-0.4, -0.2) is 24.2 Å². The van der Waals surface area contributed by atoms with E-state index in [4.69, 9.17) is 21.1 Å². The van der Waals surface area contributed by atoms with Crippen LogP contribution in [0.3, 0.4) is 0 Å². The van der Waals surface area contributed by atoms with Crippen molar-refractivity contribution in [3.8, 4) is 0 Å². The summed E-state index contributed by atoms with van der Waals surface area (Å²) in [5, 5.41) is 11.3. The van der Waals surface area contributed by atoms with Gasteiger partial charge in [-0.3, -0.25) is 10.1 Å². The van der Waals surface area contributed by atoms with Crippen molar-refractivity contribution in [3.05, 3.63) is 38.9 Å². The Labute approximate surface area is 123 Å². The van der Waals surface area contributed by atoms with E-state index < -0.39 is 4.92 Å². The maximum Gasteiger partial charge on any atom is 0.269 e. The molecule has 0 radical (unpaired) electrons. The number of benzene rings is 1. The van der Waals surface area contributed by atoms with Crippen molar-refractivity contribution in [2.45, 2.75) is 44.5 Å². The number of hydrogen-bond acceptors (Lipinski definition) is 4. The summed E-state index contributed by atoms with van der Waals surface area (Å²) in [6, 6.07) is 4.41. The molecule has 20 heavy (non-hydrogen) atoms. The number of halogens is 1. The van der Waals surface area contributed by atoms with Crippen LogP contribution in [0.25, 0.3) is 0 Å². The van der Waals surface area contributed by atoms with E-state index >= 15 is 0 Å². The van der Waals surface area contributed by atoms with Crippen molar-refractivity contribution >= 4 is 17.3 Å². The average molecular weight is 300 g/mol. The van der Waals surface area contributed by atoms with Crippen molar-refractivity contribution in [3.63, 3.8) is 0 Å². The number of ether oxygens (including phenoxy) is 2. The number of hydrogen-bond donors (Lipinski definition) is 0. The van der Waals surface area contributed by atoms with Gasteiger partial charge in [0.15, 0.2) is 0 Å². The van der Waals surface area contributed by atoms with Crippen LogP contribution in [0.1, 0.15) is 31.2 Å². The highest BCUT2D eigenvalue weighted by Gasteiger charge is 2.22. The lowest BCUT2D eigenvalue weighted by atomic mass is 9.95. The van der Waals surface area contributed by atoms with Gasteiger partial charge in [0.1, 0.15) is 0 Å². The number of methoxy groups -OCH3 is 1. The van der Waals surface area contributed by atoms with Gasteiger partial charge >= 0.3 is 0 Å². The van der Waals surface area contributed by atoms with Crippen molar-refractivity contribution in [1.29, 1.82) is 0 Å². The molecule has 2 unspecified atom stereocenters. The molecule has 1 aromatic carbocycles. The summed E-state index contributed by atoms with van der Waals surface area (Å²) in [6.45, 7) is 0.293. The van der Waals surface area contributed by atoms with Crippen molar-refractivity contribution < 1.29 is 14.4 Å². The van der Waals surface area contributed by atoms with Crippen molar-refractivity contribution in [2.75, 3.05) is 7.11 Å². The summed E-state index contributed by atoms with van der Waals surface area (Å²) in [5.41, 5.74) is 0.687. The lowest BCUT2D eigenvalue weighted by molar-refractivity contribution is -0.385. The van der Waals surface area contributed by atoms with E-state index in [0.29, 0.717) is 17.2 Å². The van der Waals surface area contributed by atoms with Crippen LogP contribution in [0.15, 0.2) is 18.2 Å². The third-order valence-electron chi connectivity index (χ3n) is 3.63. The fraction of sp³-hybridized carbons (Fsp3) is 0.571. The Bertz CT molecular complexity index is 480. The first kappa shape index (κ1) is 15.2. The van der Waals surface area contributed by atoms with E-state index in [9.17, 15) is 10.1 Å². The van der Waals surface area contributed by atoms with Crippen LogP contribution in [0, 0.1) is 10.1 Å². The average Bonchev–Trinajstić information content (AvgIpc) is 2.46. The predicted molar refractivity (Wildman–Crippen MR) is 75.9 cm³/mol. The van der Waals surface area contributed by atoms with Crippen LogP contribution in [0.5, 0.6) is 0 Å². The van der Waals surface area contributed by atoms with Gasteiger partial charge < -0.3 is 9.47 Å². The highest BCUT2D eigenvalue weighted by Crippen LogP contribution is 2.27. The molecule has 2 atom stereocenters. The summed E-state index contributed by atoms with van der Waals surface area (Å²) in [6.07, 6.45) is 4.37. The second-order valence-electron chi connectivity index (χ2n) is 4.99. The van der Waals surface area contributed by atoms with Crippen LogP contribution in [-0.2, 0) is 16.1 Å². The molecule has 0 saturated heterocycles. The van der Waals surface area contributed by atoms with Gasteiger partial charge in [0, 0.05) is 29.8 Å². The second-order valence-corrected chi connectivity index (χ2v) is 5.40. The van der Waals surface area contributed by atoms with E-state index in [2.05, 4.69) is 0 Å². The Morgan fingerprint density at radius 2 is 2.15 bits per heavy atom. The molecule has 0 aromatic heterocycles. The maximum atomic E-state index is 10.8. The molecule has 1 aromatic rings. The Kier molecular flexibility index (Phi) is 5.34. The summed E-state index contributed by atoms with van der Waals surface area (Å²) >= 11 is 6.05. The predicted octanol–water partition coefficient (Wildman–Crippen LogP) is 3.72. The van der Waals surface area contributed by atoms with Crippen molar-refractivity contribution in [1.82, 2.24) is 0 Å². The van der Waals surface area contributed by atoms with Gasteiger partial charge in [0.2, 0.25) is 0 Å².